The Hall–Kier alpha value is -1.88. The highest BCUT2D eigenvalue weighted by Crippen LogP contribution is 2.24. The molecule has 1 aliphatic heterocycles. The van der Waals surface area contributed by atoms with E-state index >= 15 is 0 Å². The van der Waals surface area contributed by atoms with Gasteiger partial charge in [-0.1, -0.05) is 12.1 Å². The maximum absolute atomic E-state index is 5.37. The Bertz CT molecular complexity index is 552. The molecular weight excluding hydrogens is 228 g/mol. The average molecular weight is 244 g/mol. The lowest BCUT2D eigenvalue weighted by Crippen LogP contribution is -2.44. The number of benzene rings is 1. The van der Waals surface area contributed by atoms with Crippen LogP contribution in [0.5, 0.6) is 5.88 Å². The third-order valence-electron chi connectivity index (χ3n) is 3.15. The molecule has 0 atom stereocenters. The maximum Gasteiger partial charge on any atom is 0.229 e. The van der Waals surface area contributed by atoms with Gasteiger partial charge in [0.05, 0.1) is 18.0 Å². The van der Waals surface area contributed by atoms with Gasteiger partial charge in [0, 0.05) is 26.2 Å². The molecule has 0 saturated carbocycles. The largest absolute Gasteiger partial charge is 0.480 e. The van der Waals surface area contributed by atoms with E-state index in [1.807, 2.05) is 24.3 Å². The number of hydrogen-bond donors (Lipinski definition) is 1. The summed E-state index contributed by atoms with van der Waals surface area (Å²) < 4.78 is 5.37. The minimum absolute atomic E-state index is 0.647. The smallest absolute Gasteiger partial charge is 0.229 e. The van der Waals surface area contributed by atoms with Gasteiger partial charge in [-0.05, 0) is 12.1 Å². The van der Waals surface area contributed by atoms with Crippen LogP contribution in [0.4, 0.5) is 5.95 Å². The minimum atomic E-state index is 0.647. The molecule has 1 aliphatic rings. The highest BCUT2D eigenvalue weighted by Gasteiger charge is 2.15. The first kappa shape index (κ1) is 11.2. The van der Waals surface area contributed by atoms with E-state index < -0.39 is 0 Å². The molecule has 0 amide bonds. The predicted molar refractivity (Wildman–Crippen MR) is 71.2 cm³/mol. The summed E-state index contributed by atoms with van der Waals surface area (Å²) in [5.74, 6) is 1.40. The summed E-state index contributed by atoms with van der Waals surface area (Å²) in [6, 6.07) is 7.93. The molecule has 0 spiro atoms. The maximum atomic E-state index is 5.37. The lowest BCUT2D eigenvalue weighted by atomic mass is 10.2. The Balaban J connectivity index is 2.07. The molecule has 1 aromatic carbocycles. The van der Waals surface area contributed by atoms with Gasteiger partial charge in [-0.2, -0.15) is 4.98 Å². The van der Waals surface area contributed by atoms with Crippen molar-refractivity contribution in [3.8, 4) is 5.88 Å². The number of aromatic nitrogens is 2. The quantitative estimate of drug-likeness (QED) is 0.855. The van der Waals surface area contributed by atoms with Crippen LogP contribution in [0, 0.1) is 0 Å². The van der Waals surface area contributed by atoms with E-state index in [9.17, 15) is 0 Å². The zero-order valence-corrected chi connectivity index (χ0v) is 10.4. The van der Waals surface area contributed by atoms with Gasteiger partial charge in [0.25, 0.3) is 0 Å². The molecule has 1 aromatic heterocycles. The summed E-state index contributed by atoms with van der Waals surface area (Å²) in [6.45, 7) is 3.81. The molecule has 0 aliphatic carbocycles. The molecule has 2 aromatic rings. The van der Waals surface area contributed by atoms with Crippen molar-refractivity contribution in [1.29, 1.82) is 0 Å². The number of anilines is 1. The van der Waals surface area contributed by atoms with Crippen LogP contribution >= 0.6 is 0 Å². The molecule has 3 rings (SSSR count). The van der Waals surface area contributed by atoms with E-state index in [-0.39, 0.29) is 0 Å². The van der Waals surface area contributed by atoms with Crippen LogP contribution in [-0.2, 0) is 0 Å². The first-order chi connectivity index (χ1) is 8.88. The number of rotatable bonds is 2. The van der Waals surface area contributed by atoms with Gasteiger partial charge in [-0.3, -0.25) is 0 Å². The molecule has 0 bridgehead atoms. The number of para-hydroxylation sites is 1. The molecule has 2 heterocycles. The van der Waals surface area contributed by atoms with Crippen molar-refractivity contribution in [3.63, 3.8) is 0 Å². The second-order valence-electron chi connectivity index (χ2n) is 4.29. The van der Waals surface area contributed by atoms with Crippen molar-refractivity contribution < 1.29 is 4.74 Å². The van der Waals surface area contributed by atoms with Crippen LogP contribution in [0.1, 0.15) is 0 Å². The highest BCUT2D eigenvalue weighted by molar-refractivity contribution is 5.84. The van der Waals surface area contributed by atoms with E-state index in [0.29, 0.717) is 5.88 Å². The summed E-state index contributed by atoms with van der Waals surface area (Å²) in [5, 5.41) is 4.28. The topological polar surface area (TPSA) is 50.3 Å². The first-order valence-electron chi connectivity index (χ1n) is 6.15. The molecule has 1 N–H and O–H groups in total. The summed E-state index contributed by atoms with van der Waals surface area (Å²) in [5.41, 5.74) is 0.929. The fraction of sp³-hybridized carbons (Fsp3) is 0.385. The molecule has 1 fully saturated rings. The lowest BCUT2D eigenvalue weighted by molar-refractivity contribution is 0.402. The summed E-state index contributed by atoms with van der Waals surface area (Å²) in [6.07, 6.45) is 0. The van der Waals surface area contributed by atoms with Crippen LogP contribution in [0.15, 0.2) is 24.3 Å². The SMILES string of the molecule is COc1nc(N2CCNCC2)nc2ccccc12. The summed E-state index contributed by atoms with van der Waals surface area (Å²) >= 11 is 0. The molecule has 94 valence electrons. The highest BCUT2D eigenvalue weighted by atomic mass is 16.5. The molecular formula is C13H16N4O. The minimum Gasteiger partial charge on any atom is -0.480 e. The van der Waals surface area contributed by atoms with E-state index in [1.165, 1.54) is 0 Å². The Morgan fingerprint density at radius 2 is 1.94 bits per heavy atom. The van der Waals surface area contributed by atoms with E-state index in [1.54, 1.807) is 7.11 Å². The van der Waals surface area contributed by atoms with Gasteiger partial charge in [0.15, 0.2) is 0 Å². The number of fused-ring (bicyclic) bond motifs is 1. The first-order valence-corrected chi connectivity index (χ1v) is 6.15. The molecule has 5 nitrogen and oxygen atoms in total. The lowest BCUT2D eigenvalue weighted by Gasteiger charge is -2.27. The normalized spacial score (nSPS) is 15.9. The number of methoxy groups -OCH3 is 1. The fourth-order valence-corrected chi connectivity index (χ4v) is 2.20. The number of nitrogens with one attached hydrogen (secondary N) is 1. The zero-order valence-electron chi connectivity index (χ0n) is 10.4. The Morgan fingerprint density at radius 3 is 2.72 bits per heavy atom. The van der Waals surface area contributed by atoms with Gasteiger partial charge in [0.1, 0.15) is 0 Å². The number of hydrogen-bond acceptors (Lipinski definition) is 5. The van der Waals surface area contributed by atoms with Gasteiger partial charge in [0.2, 0.25) is 11.8 Å². The second kappa shape index (κ2) is 4.78. The van der Waals surface area contributed by atoms with Crippen LogP contribution in [0.2, 0.25) is 0 Å². The molecule has 5 heteroatoms. The van der Waals surface area contributed by atoms with Crippen molar-refractivity contribution in [2.24, 2.45) is 0 Å². The Morgan fingerprint density at radius 1 is 1.17 bits per heavy atom. The Labute approximate surface area is 106 Å². The van der Waals surface area contributed by atoms with Crippen LogP contribution in [0.25, 0.3) is 10.9 Å². The summed E-state index contributed by atoms with van der Waals surface area (Å²) in [7, 11) is 1.65. The van der Waals surface area contributed by atoms with Crippen molar-refractivity contribution in [2.75, 3.05) is 38.2 Å². The summed E-state index contributed by atoms with van der Waals surface area (Å²) in [4.78, 5) is 11.3. The van der Waals surface area contributed by atoms with Gasteiger partial charge in [-0.25, -0.2) is 4.98 Å². The van der Waals surface area contributed by atoms with Crippen LogP contribution < -0.4 is 15.0 Å². The van der Waals surface area contributed by atoms with Gasteiger partial charge < -0.3 is 15.0 Å². The van der Waals surface area contributed by atoms with E-state index in [2.05, 4.69) is 20.2 Å². The standard InChI is InChI=1S/C13H16N4O/c1-18-12-10-4-2-3-5-11(10)15-13(16-12)17-8-6-14-7-9-17/h2-5,14H,6-9H2,1H3. The third kappa shape index (κ3) is 1.97. The average Bonchev–Trinajstić information content (AvgIpc) is 2.47. The van der Waals surface area contributed by atoms with Gasteiger partial charge in [-0.15, -0.1) is 0 Å². The van der Waals surface area contributed by atoms with E-state index in [4.69, 9.17) is 4.74 Å². The van der Waals surface area contributed by atoms with Gasteiger partial charge >= 0.3 is 0 Å². The fourth-order valence-electron chi connectivity index (χ4n) is 2.20. The van der Waals surface area contributed by atoms with E-state index in [0.717, 1.165) is 43.0 Å². The van der Waals surface area contributed by atoms with Crippen molar-refractivity contribution in [2.45, 2.75) is 0 Å². The van der Waals surface area contributed by atoms with Crippen LogP contribution in [0.3, 0.4) is 0 Å². The Kier molecular flexibility index (Phi) is 2.98. The third-order valence-corrected chi connectivity index (χ3v) is 3.15. The number of nitrogens with zero attached hydrogens (tertiary/aromatic N) is 3. The molecule has 18 heavy (non-hydrogen) atoms. The van der Waals surface area contributed by atoms with Crippen molar-refractivity contribution >= 4 is 16.9 Å². The van der Waals surface area contributed by atoms with Crippen molar-refractivity contribution in [3.05, 3.63) is 24.3 Å². The monoisotopic (exact) mass is 244 g/mol. The zero-order chi connectivity index (χ0) is 12.4. The van der Waals surface area contributed by atoms with Crippen LogP contribution in [-0.4, -0.2) is 43.3 Å². The predicted octanol–water partition coefficient (Wildman–Crippen LogP) is 1.05. The molecule has 0 radical (unpaired) electrons. The second-order valence-corrected chi connectivity index (χ2v) is 4.29. The number of ether oxygens (including phenoxy) is 1. The molecule has 1 saturated heterocycles. The van der Waals surface area contributed by atoms with Crippen molar-refractivity contribution in [1.82, 2.24) is 15.3 Å². The number of piperazine rings is 1. The molecule has 0 unspecified atom stereocenters.